The van der Waals surface area contributed by atoms with E-state index >= 15 is 0 Å². The Kier molecular flexibility index (Phi) is 4.35. The number of benzene rings is 2. The summed E-state index contributed by atoms with van der Waals surface area (Å²) in [6, 6.07) is 18.4. The van der Waals surface area contributed by atoms with E-state index in [1.807, 2.05) is 37.3 Å². The Bertz CT molecular complexity index is 766. The van der Waals surface area contributed by atoms with E-state index in [9.17, 15) is 0 Å². The molecular formula is C19H20N2O. The Morgan fingerprint density at radius 1 is 1.05 bits per heavy atom. The highest BCUT2D eigenvalue weighted by Crippen LogP contribution is 2.21. The average molecular weight is 292 g/mol. The average Bonchev–Trinajstić information content (AvgIpc) is 2.54. The Morgan fingerprint density at radius 2 is 1.82 bits per heavy atom. The van der Waals surface area contributed by atoms with E-state index in [0.29, 0.717) is 13.2 Å². The highest BCUT2D eigenvalue weighted by molar-refractivity contribution is 5.82. The molecule has 0 radical (unpaired) electrons. The highest BCUT2D eigenvalue weighted by Gasteiger charge is 2.04. The molecule has 1 heterocycles. The van der Waals surface area contributed by atoms with Crippen LogP contribution in [0.4, 0.5) is 0 Å². The maximum atomic E-state index is 5.93. The number of aryl methyl sites for hydroxylation is 1. The first kappa shape index (κ1) is 14.5. The molecule has 1 aromatic heterocycles. The van der Waals surface area contributed by atoms with E-state index < -0.39 is 0 Å². The topological polar surface area (TPSA) is 48.1 Å². The fourth-order valence-electron chi connectivity index (χ4n) is 2.59. The SMILES string of the molecule is Cc1cc(COc2ccc(CCN)cc2)c2ccccc2n1. The van der Waals surface area contributed by atoms with Gasteiger partial charge in [0.25, 0.3) is 0 Å². The van der Waals surface area contributed by atoms with Gasteiger partial charge in [0.1, 0.15) is 12.4 Å². The van der Waals surface area contributed by atoms with Crippen LogP contribution in [0.3, 0.4) is 0 Å². The second-order valence-electron chi connectivity index (χ2n) is 5.41. The molecule has 0 fully saturated rings. The molecule has 2 N–H and O–H groups in total. The van der Waals surface area contributed by atoms with Gasteiger partial charge in [0, 0.05) is 16.6 Å². The molecular weight excluding hydrogens is 272 g/mol. The van der Waals surface area contributed by atoms with E-state index in [1.54, 1.807) is 0 Å². The molecule has 0 unspecified atom stereocenters. The highest BCUT2D eigenvalue weighted by atomic mass is 16.5. The number of rotatable bonds is 5. The van der Waals surface area contributed by atoms with E-state index in [2.05, 4.69) is 29.2 Å². The van der Waals surface area contributed by atoms with Crippen LogP contribution in [-0.2, 0) is 13.0 Å². The molecule has 0 spiro atoms. The van der Waals surface area contributed by atoms with Gasteiger partial charge in [-0.25, -0.2) is 0 Å². The minimum absolute atomic E-state index is 0.542. The predicted molar refractivity (Wildman–Crippen MR) is 90.0 cm³/mol. The summed E-state index contributed by atoms with van der Waals surface area (Å²) in [4.78, 5) is 4.56. The van der Waals surface area contributed by atoms with Gasteiger partial charge in [-0.2, -0.15) is 0 Å². The second-order valence-corrected chi connectivity index (χ2v) is 5.41. The van der Waals surface area contributed by atoms with Gasteiger partial charge in [0.15, 0.2) is 0 Å². The molecule has 0 aliphatic carbocycles. The van der Waals surface area contributed by atoms with Crippen LogP contribution >= 0.6 is 0 Å². The van der Waals surface area contributed by atoms with Crippen LogP contribution in [0.15, 0.2) is 54.6 Å². The maximum absolute atomic E-state index is 5.93. The fraction of sp³-hybridized carbons (Fsp3) is 0.211. The summed E-state index contributed by atoms with van der Waals surface area (Å²) in [5.41, 5.74) is 9.98. The first-order valence-corrected chi connectivity index (χ1v) is 7.53. The van der Waals surface area contributed by atoms with Gasteiger partial charge in [0.2, 0.25) is 0 Å². The summed E-state index contributed by atoms with van der Waals surface area (Å²) >= 11 is 0. The Balaban J connectivity index is 1.78. The van der Waals surface area contributed by atoms with E-state index in [4.69, 9.17) is 10.5 Å². The number of nitrogens with two attached hydrogens (primary N) is 1. The smallest absolute Gasteiger partial charge is 0.119 e. The molecule has 3 nitrogen and oxygen atoms in total. The van der Waals surface area contributed by atoms with Crippen LogP contribution in [0.1, 0.15) is 16.8 Å². The van der Waals surface area contributed by atoms with E-state index in [1.165, 1.54) is 5.56 Å². The maximum Gasteiger partial charge on any atom is 0.119 e. The van der Waals surface area contributed by atoms with Crippen LogP contribution in [0.25, 0.3) is 10.9 Å². The lowest BCUT2D eigenvalue weighted by Crippen LogP contribution is -2.02. The third-order valence-electron chi connectivity index (χ3n) is 3.68. The second kappa shape index (κ2) is 6.58. The zero-order valence-electron chi connectivity index (χ0n) is 12.8. The normalized spacial score (nSPS) is 10.8. The van der Waals surface area contributed by atoms with Crippen molar-refractivity contribution in [1.82, 2.24) is 4.98 Å². The van der Waals surface area contributed by atoms with Gasteiger partial charge in [-0.15, -0.1) is 0 Å². The quantitative estimate of drug-likeness (QED) is 0.781. The predicted octanol–water partition coefficient (Wildman–Crippen LogP) is 3.62. The van der Waals surface area contributed by atoms with Crippen molar-refractivity contribution in [2.75, 3.05) is 6.54 Å². The van der Waals surface area contributed by atoms with Gasteiger partial charge < -0.3 is 10.5 Å². The molecule has 112 valence electrons. The summed E-state index contributed by atoms with van der Waals surface area (Å²) in [7, 11) is 0. The number of aromatic nitrogens is 1. The molecule has 2 aromatic carbocycles. The number of para-hydroxylation sites is 1. The van der Waals surface area contributed by atoms with Crippen molar-refractivity contribution in [1.29, 1.82) is 0 Å². The van der Waals surface area contributed by atoms with Crippen LogP contribution in [0.2, 0.25) is 0 Å². The van der Waals surface area contributed by atoms with Crippen LogP contribution in [0.5, 0.6) is 5.75 Å². The number of hydrogen-bond donors (Lipinski definition) is 1. The number of nitrogens with zero attached hydrogens (tertiary/aromatic N) is 1. The van der Waals surface area contributed by atoms with Crippen molar-refractivity contribution >= 4 is 10.9 Å². The van der Waals surface area contributed by atoms with Crippen molar-refractivity contribution in [3.8, 4) is 5.75 Å². The Labute approximate surface area is 130 Å². The first-order valence-electron chi connectivity index (χ1n) is 7.53. The molecule has 22 heavy (non-hydrogen) atoms. The van der Waals surface area contributed by atoms with Gasteiger partial charge in [-0.3, -0.25) is 4.98 Å². The Hall–Kier alpha value is -2.39. The molecule has 0 aliphatic rings. The zero-order chi connectivity index (χ0) is 15.4. The number of hydrogen-bond acceptors (Lipinski definition) is 3. The summed E-state index contributed by atoms with van der Waals surface area (Å²) in [5.74, 6) is 0.874. The summed E-state index contributed by atoms with van der Waals surface area (Å²) in [6.07, 6.45) is 0.897. The van der Waals surface area contributed by atoms with Crippen molar-refractivity contribution in [3.63, 3.8) is 0 Å². The number of pyridine rings is 1. The van der Waals surface area contributed by atoms with Gasteiger partial charge >= 0.3 is 0 Å². The Morgan fingerprint density at radius 3 is 2.59 bits per heavy atom. The first-order chi connectivity index (χ1) is 10.8. The van der Waals surface area contributed by atoms with Crippen molar-refractivity contribution < 1.29 is 4.74 Å². The summed E-state index contributed by atoms with van der Waals surface area (Å²) < 4.78 is 5.93. The molecule has 0 saturated carbocycles. The van der Waals surface area contributed by atoms with Crippen LogP contribution in [-0.4, -0.2) is 11.5 Å². The molecule has 3 rings (SSSR count). The monoisotopic (exact) mass is 292 g/mol. The molecule has 0 saturated heterocycles. The van der Waals surface area contributed by atoms with E-state index in [0.717, 1.165) is 34.3 Å². The van der Waals surface area contributed by atoms with Crippen LogP contribution < -0.4 is 10.5 Å². The van der Waals surface area contributed by atoms with Crippen molar-refractivity contribution in [2.45, 2.75) is 20.0 Å². The molecule has 0 aliphatic heterocycles. The third kappa shape index (κ3) is 3.26. The third-order valence-corrected chi connectivity index (χ3v) is 3.68. The van der Waals surface area contributed by atoms with Gasteiger partial charge in [0.05, 0.1) is 5.52 Å². The lowest BCUT2D eigenvalue weighted by molar-refractivity contribution is 0.307. The molecule has 3 heteroatoms. The number of ether oxygens (including phenoxy) is 1. The van der Waals surface area contributed by atoms with Gasteiger partial charge in [-0.1, -0.05) is 30.3 Å². The summed E-state index contributed by atoms with van der Waals surface area (Å²) in [6.45, 7) is 3.22. The molecule has 3 aromatic rings. The van der Waals surface area contributed by atoms with E-state index in [-0.39, 0.29) is 0 Å². The lowest BCUT2D eigenvalue weighted by Gasteiger charge is -2.10. The van der Waals surface area contributed by atoms with Crippen LogP contribution in [0, 0.1) is 6.92 Å². The lowest BCUT2D eigenvalue weighted by atomic mass is 10.1. The van der Waals surface area contributed by atoms with Crippen molar-refractivity contribution in [2.24, 2.45) is 5.73 Å². The minimum Gasteiger partial charge on any atom is -0.489 e. The van der Waals surface area contributed by atoms with Gasteiger partial charge in [-0.05, 0) is 49.7 Å². The minimum atomic E-state index is 0.542. The standard InChI is InChI=1S/C19H20N2O/c1-14-12-16(18-4-2-3-5-19(18)21-14)13-22-17-8-6-15(7-9-17)10-11-20/h2-9,12H,10-11,13,20H2,1H3. The zero-order valence-corrected chi connectivity index (χ0v) is 12.8. The molecule has 0 amide bonds. The summed E-state index contributed by atoms with van der Waals surface area (Å²) in [5, 5.41) is 1.15. The largest absolute Gasteiger partial charge is 0.489 e. The molecule has 0 bridgehead atoms. The number of fused-ring (bicyclic) bond motifs is 1. The van der Waals surface area contributed by atoms with Crippen molar-refractivity contribution in [3.05, 3.63) is 71.4 Å². The fourth-order valence-corrected chi connectivity index (χ4v) is 2.59. The molecule has 0 atom stereocenters.